The van der Waals surface area contributed by atoms with Crippen LogP contribution in [0.25, 0.3) is 0 Å². The molecular weight excluding hydrogens is 180 g/mol. The lowest BCUT2D eigenvalue weighted by molar-refractivity contribution is -0.109. The van der Waals surface area contributed by atoms with Crippen molar-refractivity contribution in [2.75, 3.05) is 18.4 Å². The maximum Gasteiger partial charge on any atom is 0.207 e. The zero-order chi connectivity index (χ0) is 10.2. The van der Waals surface area contributed by atoms with Crippen LogP contribution in [0, 0.1) is 0 Å². The standard InChI is InChI=1S/C10H12N2O2/c13-7-9-1-3-10(4-2-9)12-6-5-11-8-14/h1-4,7-8,12H,5-6H2,(H,11,14). The molecule has 0 aliphatic rings. The predicted molar refractivity (Wildman–Crippen MR) is 54.4 cm³/mol. The van der Waals surface area contributed by atoms with E-state index in [0.717, 1.165) is 12.0 Å². The summed E-state index contributed by atoms with van der Waals surface area (Å²) in [6.07, 6.45) is 1.47. The van der Waals surface area contributed by atoms with Gasteiger partial charge in [-0.25, -0.2) is 0 Å². The molecule has 0 atom stereocenters. The summed E-state index contributed by atoms with van der Waals surface area (Å²) < 4.78 is 0. The lowest BCUT2D eigenvalue weighted by Crippen LogP contribution is -2.20. The molecule has 4 nitrogen and oxygen atoms in total. The van der Waals surface area contributed by atoms with Crippen molar-refractivity contribution in [2.45, 2.75) is 0 Å². The highest BCUT2D eigenvalue weighted by Gasteiger charge is 1.91. The van der Waals surface area contributed by atoms with Crippen molar-refractivity contribution < 1.29 is 9.59 Å². The highest BCUT2D eigenvalue weighted by molar-refractivity contribution is 5.75. The number of hydrogen-bond donors (Lipinski definition) is 2. The van der Waals surface area contributed by atoms with Crippen molar-refractivity contribution in [3.05, 3.63) is 29.8 Å². The Morgan fingerprint density at radius 2 is 1.79 bits per heavy atom. The number of anilines is 1. The van der Waals surface area contributed by atoms with Crippen LogP contribution >= 0.6 is 0 Å². The third-order valence-electron chi connectivity index (χ3n) is 1.73. The number of carbonyl (C=O) groups excluding carboxylic acids is 2. The molecule has 0 aliphatic carbocycles. The molecule has 0 aliphatic heterocycles. The van der Waals surface area contributed by atoms with Crippen LogP contribution in [0.2, 0.25) is 0 Å². The second kappa shape index (κ2) is 5.75. The summed E-state index contributed by atoms with van der Waals surface area (Å²) >= 11 is 0. The largest absolute Gasteiger partial charge is 0.383 e. The van der Waals surface area contributed by atoms with E-state index >= 15 is 0 Å². The van der Waals surface area contributed by atoms with Crippen molar-refractivity contribution in [1.29, 1.82) is 0 Å². The summed E-state index contributed by atoms with van der Waals surface area (Å²) in [5, 5.41) is 5.64. The first-order valence-electron chi connectivity index (χ1n) is 4.33. The number of amides is 1. The fraction of sp³-hybridized carbons (Fsp3) is 0.200. The molecule has 0 radical (unpaired) electrons. The van der Waals surface area contributed by atoms with E-state index in [9.17, 15) is 9.59 Å². The van der Waals surface area contributed by atoms with Crippen molar-refractivity contribution in [1.82, 2.24) is 5.32 Å². The first kappa shape index (κ1) is 10.2. The van der Waals surface area contributed by atoms with Crippen LogP contribution in [-0.2, 0) is 4.79 Å². The van der Waals surface area contributed by atoms with E-state index in [1.54, 1.807) is 12.1 Å². The summed E-state index contributed by atoms with van der Waals surface area (Å²) in [6.45, 7) is 1.25. The quantitative estimate of drug-likeness (QED) is 0.514. The smallest absolute Gasteiger partial charge is 0.207 e. The Bertz CT molecular complexity index is 295. The molecule has 0 bridgehead atoms. The Balaban J connectivity index is 2.36. The Morgan fingerprint density at radius 1 is 1.07 bits per heavy atom. The van der Waals surface area contributed by atoms with Crippen LogP contribution in [-0.4, -0.2) is 25.8 Å². The summed E-state index contributed by atoms with van der Waals surface area (Å²) in [5.74, 6) is 0. The monoisotopic (exact) mass is 192 g/mol. The van der Waals surface area contributed by atoms with Crippen molar-refractivity contribution >= 4 is 18.4 Å². The first-order chi connectivity index (χ1) is 6.86. The molecule has 4 heteroatoms. The van der Waals surface area contributed by atoms with Crippen LogP contribution in [0.3, 0.4) is 0 Å². The average Bonchev–Trinajstić information content (AvgIpc) is 2.25. The third-order valence-corrected chi connectivity index (χ3v) is 1.73. The maximum absolute atomic E-state index is 10.3. The molecule has 1 aromatic rings. The van der Waals surface area contributed by atoms with E-state index in [1.807, 2.05) is 12.1 Å². The van der Waals surface area contributed by atoms with Gasteiger partial charge in [-0.15, -0.1) is 0 Å². The van der Waals surface area contributed by atoms with Crippen molar-refractivity contribution in [2.24, 2.45) is 0 Å². The van der Waals surface area contributed by atoms with Gasteiger partial charge in [-0.3, -0.25) is 9.59 Å². The Morgan fingerprint density at radius 3 is 2.36 bits per heavy atom. The predicted octanol–water partition coefficient (Wildman–Crippen LogP) is 0.657. The first-order valence-corrected chi connectivity index (χ1v) is 4.33. The summed E-state index contributed by atoms with van der Waals surface area (Å²) in [4.78, 5) is 20.3. The van der Waals surface area contributed by atoms with Crippen LogP contribution in [0.15, 0.2) is 24.3 Å². The zero-order valence-electron chi connectivity index (χ0n) is 7.69. The minimum absolute atomic E-state index is 0.582. The number of nitrogens with one attached hydrogen (secondary N) is 2. The number of hydrogen-bond acceptors (Lipinski definition) is 3. The fourth-order valence-electron chi connectivity index (χ4n) is 1.02. The lowest BCUT2D eigenvalue weighted by Gasteiger charge is -2.05. The van der Waals surface area contributed by atoms with Gasteiger partial charge in [0.1, 0.15) is 6.29 Å². The van der Waals surface area contributed by atoms with Gasteiger partial charge in [0.15, 0.2) is 0 Å². The van der Waals surface area contributed by atoms with Gasteiger partial charge in [0.2, 0.25) is 6.41 Å². The average molecular weight is 192 g/mol. The van der Waals surface area contributed by atoms with Gasteiger partial charge in [0.05, 0.1) is 0 Å². The molecule has 0 spiro atoms. The molecule has 0 saturated carbocycles. The SMILES string of the molecule is O=CNCCNc1ccc(C=O)cc1. The molecule has 74 valence electrons. The van der Waals surface area contributed by atoms with Crippen LogP contribution in [0.1, 0.15) is 10.4 Å². The lowest BCUT2D eigenvalue weighted by atomic mass is 10.2. The molecule has 0 unspecified atom stereocenters. The Labute approximate surface area is 82.3 Å². The second-order valence-corrected chi connectivity index (χ2v) is 2.74. The molecular formula is C10H12N2O2. The van der Waals surface area contributed by atoms with Crippen molar-refractivity contribution in [3.8, 4) is 0 Å². The van der Waals surface area contributed by atoms with Gasteiger partial charge in [0, 0.05) is 24.3 Å². The fourth-order valence-corrected chi connectivity index (χ4v) is 1.02. The summed E-state index contributed by atoms with van der Waals surface area (Å²) in [7, 11) is 0. The van der Waals surface area contributed by atoms with Gasteiger partial charge in [-0.1, -0.05) is 0 Å². The van der Waals surface area contributed by atoms with E-state index in [4.69, 9.17) is 0 Å². The molecule has 0 fully saturated rings. The van der Waals surface area contributed by atoms with E-state index in [2.05, 4.69) is 10.6 Å². The minimum Gasteiger partial charge on any atom is -0.383 e. The number of benzene rings is 1. The minimum atomic E-state index is 0.582. The van der Waals surface area contributed by atoms with Crippen LogP contribution in [0.4, 0.5) is 5.69 Å². The zero-order valence-corrected chi connectivity index (χ0v) is 7.69. The summed E-state index contributed by atoms with van der Waals surface area (Å²) in [5.41, 5.74) is 1.59. The highest BCUT2D eigenvalue weighted by atomic mass is 16.1. The molecule has 2 N–H and O–H groups in total. The molecule has 1 aromatic carbocycles. The van der Waals surface area contributed by atoms with Gasteiger partial charge in [0.25, 0.3) is 0 Å². The normalized spacial score (nSPS) is 9.14. The number of rotatable bonds is 6. The van der Waals surface area contributed by atoms with E-state index in [1.165, 1.54) is 0 Å². The highest BCUT2D eigenvalue weighted by Crippen LogP contribution is 2.06. The Kier molecular flexibility index (Phi) is 4.20. The van der Waals surface area contributed by atoms with Crippen molar-refractivity contribution in [3.63, 3.8) is 0 Å². The van der Waals surface area contributed by atoms with Gasteiger partial charge in [-0.2, -0.15) is 0 Å². The Hall–Kier alpha value is -1.84. The van der Waals surface area contributed by atoms with E-state index in [-0.39, 0.29) is 0 Å². The van der Waals surface area contributed by atoms with E-state index < -0.39 is 0 Å². The third kappa shape index (κ3) is 3.26. The van der Waals surface area contributed by atoms with E-state index in [0.29, 0.717) is 25.1 Å². The number of aldehydes is 1. The van der Waals surface area contributed by atoms with Crippen LogP contribution < -0.4 is 10.6 Å². The van der Waals surface area contributed by atoms with Gasteiger partial charge < -0.3 is 10.6 Å². The van der Waals surface area contributed by atoms with Gasteiger partial charge >= 0.3 is 0 Å². The summed E-state index contributed by atoms with van der Waals surface area (Å²) in [6, 6.07) is 7.13. The molecule has 0 heterocycles. The second-order valence-electron chi connectivity index (χ2n) is 2.74. The molecule has 0 saturated heterocycles. The van der Waals surface area contributed by atoms with Gasteiger partial charge in [-0.05, 0) is 24.3 Å². The topological polar surface area (TPSA) is 58.2 Å². The molecule has 1 rings (SSSR count). The molecule has 0 aromatic heterocycles. The maximum atomic E-state index is 10.3. The van der Waals surface area contributed by atoms with Crippen LogP contribution in [0.5, 0.6) is 0 Å². The molecule has 1 amide bonds. The number of carbonyl (C=O) groups is 2. The molecule has 14 heavy (non-hydrogen) atoms.